The van der Waals surface area contributed by atoms with Crippen LogP contribution in [0.3, 0.4) is 0 Å². The van der Waals surface area contributed by atoms with Crippen LogP contribution in [0.4, 0.5) is 35.9 Å². The van der Waals surface area contributed by atoms with Crippen molar-refractivity contribution in [2.75, 3.05) is 26.3 Å². The van der Waals surface area contributed by atoms with Crippen molar-refractivity contribution in [3.05, 3.63) is 0 Å². The second-order valence-corrected chi connectivity index (χ2v) is 4.30. The van der Waals surface area contributed by atoms with Gasteiger partial charge < -0.3 is 20.1 Å². The number of alkyl halides is 6. The molecule has 0 atom stereocenters. The smallest absolute Gasteiger partial charge is 0.422 e. The fourth-order valence-electron chi connectivity index (χ4n) is 1.20. The molecule has 2 N–H and O–H groups in total. The summed E-state index contributed by atoms with van der Waals surface area (Å²) < 4.78 is 78.1. The molecule has 0 heterocycles. The number of halogens is 6. The number of amides is 2. The molecule has 2 amide bonds. The number of carbonyl (C=O) groups excluding carboxylic acids is 2. The lowest BCUT2D eigenvalue weighted by Crippen LogP contribution is -2.30. The molecule has 0 aliphatic rings. The van der Waals surface area contributed by atoms with Crippen molar-refractivity contribution in [2.45, 2.75) is 31.6 Å². The highest BCUT2D eigenvalue weighted by atomic mass is 19.4. The molecule has 0 radical (unpaired) electrons. The first-order chi connectivity index (χ1) is 10.5. The van der Waals surface area contributed by atoms with Crippen LogP contribution < -0.4 is 10.6 Å². The van der Waals surface area contributed by atoms with Crippen LogP contribution in [0.25, 0.3) is 0 Å². The van der Waals surface area contributed by atoms with E-state index in [1.807, 2.05) is 0 Å². The first-order valence-corrected chi connectivity index (χ1v) is 6.44. The van der Waals surface area contributed by atoms with E-state index in [9.17, 15) is 35.9 Å². The molecule has 0 aliphatic heterocycles. The fraction of sp³-hybridized carbons (Fsp3) is 0.818. The molecular formula is C11H16F6N2O4. The molecule has 0 aromatic rings. The third-order valence-electron chi connectivity index (χ3n) is 2.13. The average Bonchev–Trinajstić information content (AvgIpc) is 2.40. The van der Waals surface area contributed by atoms with Gasteiger partial charge in [0.1, 0.15) is 0 Å². The SMILES string of the molecule is O=C(NCCCCCNC(=O)OCC(F)(F)F)OCC(F)(F)F. The predicted octanol–water partition coefficient (Wildman–Crippen LogP) is 2.73. The molecule has 0 rings (SSSR count). The van der Waals surface area contributed by atoms with Gasteiger partial charge in [-0.2, -0.15) is 26.3 Å². The Balaban J connectivity index is 3.46. The minimum atomic E-state index is -4.59. The van der Waals surface area contributed by atoms with Crippen molar-refractivity contribution < 1.29 is 45.4 Å². The maximum absolute atomic E-state index is 11.7. The Morgan fingerprint density at radius 2 is 1.04 bits per heavy atom. The van der Waals surface area contributed by atoms with E-state index < -0.39 is 37.8 Å². The van der Waals surface area contributed by atoms with E-state index in [2.05, 4.69) is 20.1 Å². The quantitative estimate of drug-likeness (QED) is 0.519. The normalized spacial score (nSPS) is 11.7. The van der Waals surface area contributed by atoms with Gasteiger partial charge >= 0.3 is 24.5 Å². The maximum atomic E-state index is 11.7. The topological polar surface area (TPSA) is 76.7 Å². The molecule has 0 aromatic carbocycles. The van der Waals surface area contributed by atoms with Gasteiger partial charge in [0.05, 0.1) is 0 Å². The lowest BCUT2D eigenvalue weighted by Gasteiger charge is -2.10. The summed E-state index contributed by atoms with van der Waals surface area (Å²) in [6.45, 7) is -3.23. The molecule has 0 aliphatic carbocycles. The second-order valence-electron chi connectivity index (χ2n) is 4.30. The molecule has 23 heavy (non-hydrogen) atoms. The first-order valence-electron chi connectivity index (χ1n) is 6.44. The molecule has 12 heteroatoms. The summed E-state index contributed by atoms with van der Waals surface area (Å²) in [6, 6.07) is 0. The summed E-state index contributed by atoms with van der Waals surface area (Å²) in [7, 11) is 0. The van der Waals surface area contributed by atoms with E-state index in [4.69, 9.17) is 0 Å². The molecule has 0 saturated heterocycles. The Labute approximate surface area is 127 Å². The van der Waals surface area contributed by atoms with Gasteiger partial charge in [-0.25, -0.2) is 9.59 Å². The van der Waals surface area contributed by atoms with Gasteiger partial charge in [-0.3, -0.25) is 0 Å². The Morgan fingerprint density at radius 3 is 1.35 bits per heavy atom. The number of hydrogen-bond acceptors (Lipinski definition) is 4. The molecule has 0 saturated carbocycles. The zero-order chi connectivity index (χ0) is 17.9. The van der Waals surface area contributed by atoms with Crippen LogP contribution >= 0.6 is 0 Å². The molecule has 0 spiro atoms. The number of rotatable bonds is 8. The van der Waals surface area contributed by atoms with Gasteiger partial charge in [0.15, 0.2) is 13.2 Å². The van der Waals surface area contributed by atoms with E-state index >= 15 is 0 Å². The Bertz CT molecular complexity index is 339. The number of hydrogen-bond donors (Lipinski definition) is 2. The van der Waals surface area contributed by atoms with Crippen molar-refractivity contribution in [3.8, 4) is 0 Å². The summed E-state index contributed by atoms with van der Waals surface area (Å²) in [5.41, 5.74) is 0. The maximum Gasteiger partial charge on any atom is 0.422 e. The van der Waals surface area contributed by atoms with Crippen LogP contribution in [0.5, 0.6) is 0 Å². The zero-order valence-corrected chi connectivity index (χ0v) is 11.9. The van der Waals surface area contributed by atoms with Gasteiger partial charge in [-0.05, 0) is 19.3 Å². The minimum Gasteiger partial charge on any atom is -0.440 e. The van der Waals surface area contributed by atoms with E-state index in [1.165, 1.54) is 0 Å². The Kier molecular flexibility index (Phi) is 9.18. The molecule has 0 aromatic heterocycles. The monoisotopic (exact) mass is 354 g/mol. The molecule has 136 valence electrons. The third kappa shape index (κ3) is 16.3. The van der Waals surface area contributed by atoms with Crippen molar-refractivity contribution >= 4 is 12.2 Å². The van der Waals surface area contributed by atoms with Gasteiger partial charge in [-0.1, -0.05) is 0 Å². The Hall–Kier alpha value is -1.88. The van der Waals surface area contributed by atoms with Crippen molar-refractivity contribution in [1.29, 1.82) is 0 Å². The van der Waals surface area contributed by atoms with Crippen molar-refractivity contribution in [2.24, 2.45) is 0 Å². The fourth-order valence-corrected chi connectivity index (χ4v) is 1.20. The summed E-state index contributed by atoms with van der Waals surface area (Å²) >= 11 is 0. The molecule has 0 fully saturated rings. The zero-order valence-electron chi connectivity index (χ0n) is 11.9. The van der Waals surface area contributed by atoms with Gasteiger partial charge in [0.2, 0.25) is 0 Å². The first kappa shape index (κ1) is 21.1. The number of carbonyl (C=O) groups is 2. The van der Waals surface area contributed by atoms with Crippen LogP contribution in [-0.4, -0.2) is 50.8 Å². The van der Waals surface area contributed by atoms with Gasteiger partial charge in [0, 0.05) is 13.1 Å². The van der Waals surface area contributed by atoms with E-state index in [0.29, 0.717) is 19.3 Å². The minimum absolute atomic E-state index is 0.0647. The highest BCUT2D eigenvalue weighted by Gasteiger charge is 2.30. The lowest BCUT2D eigenvalue weighted by atomic mass is 10.2. The van der Waals surface area contributed by atoms with E-state index in [1.54, 1.807) is 0 Å². The summed E-state index contributed by atoms with van der Waals surface area (Å²) in [5.74, 6) is 0. The van der Waals surface area contributed by atoms with Crippen LogP contribution in [0.2, 0.25) is 0 Å². The molecular weight excluding hydrogens is 338 g/mol. The number of nitrogens with one attached hydrogen (secondary N) is 2. The second kappa shape index (κ2) is 10.0. The van der Waals surface area contributed by atoms with Gasteiger partial charge in [-0.15, -0.1) is 0 Å². The summed E-state index contributed by atoms with van der Waals surface area (Å²) in [4.78, 5) is 21.6. The largest absolute Gasteiger partial charge is 0.440 e. The van der Waals surface area contributed by atoms with E-state index in [-0.39, 0.29) is 13.1 Å². The number of ether oxygens (including phenoxy) is 2. The summed E-state index contributed by atoms with van der Waals surface area (Å²) in [5, 5.41) is 4.19. The summed E-state index contributed by atoms with van der Waals surface area (Å²) in [6.07, 6.45) is -10.3. The van der Waals surface area contributed by atoms with Crippen LogP contribution in [0.15, 0.2) is 0 Å². The van der Waals surface area contributed by atoms with Crippen LogP contribution in [-0.2, 0) is 9.47 Å². The number of alkyl carbamates (subject to hydrolysis) is 2. The average molecular weight is 354 g/mol. The molecule has 0 unspecified atom stereocenters. The van der Waals surface area contributed by atoms with Gasteiger partial charge in [0.25, 0.3) is 0 Å². The third-order valence-corrected chi connectivity index (χ3v) is 2.13. The highest BCUT2D eigenvalue weighted by Crippen LogP contribution is 2.14. The van der Waals surface area contributed by atoms with Crippen molar-refractivity contribution in [3.63, 3.8) is 0 Å². The molecule has 6 nitrogen and oxygen atoms in total. The van der Waals surface area contributed by atoms with Crippen LogP contribution in [0.1, 0.15) is 19.3 Å². The predicted molar refractivity (Wildman–Crippen MR) is 64.7 cm³/mol. The number of unbranched alkanes of at least 4 members (excludes halogenated alkanes) is 2. The molecule has 0 bridgehead atoms. The standard InChI is InChI=1S/C11H16F6N2O4/c12-10(13,14)6-22-8(20)18-4-2-1-3-5-19-9(21)23-7-11(15,16)17/h1-7H2,(H,18,20)(H,19,21). The van der Waals surface area contributed by atoms with Crippen LogP contribution in [0, 0.1) is 0 Å². The lowest BCUT2D eigenvalue weighted by molar-refractivity contribution is -0.160. The Morgan fingerprint density at radius 1 is 0.696 bits per heavy atom. The highest BCUT2D eigenvalue weighted by molar-refractivity contribution is 5.67. The van der Waals surface area contributed by atoms with Crippen molar-refractivity contribution in [1.82, 2.24) is 10.6 Å². The van der Waals surface area contributed by atoms with E-state index in [0.717, 1.165) is 0 Å².